The Kier molecular flexibility index (Phi) is 9.05. The second-order valence-electron chi connectivity index (χ2n) is 11.6. The maximum Gasteiger partial charge on any atom is 0.260 e. The van der Waals surface area contributed by atoms with Gasteiger partial charge in [-0.25, -0.2) is 4.99 Å². The van der Waals surface area contributed by atoms with Crippen LogP contribution in [0.2, 0.25) is 5.02 Å². The molecule has 224 valence electrons. The van der Waals surface area contributed by atoms with E-state index in [1.807, 2.05) is 36.4 Å². The van der Waals surface area contributed by atoms with Gasteiger partial charge in [-0.2, -0.15) is 0 Å². The minimum absolute atomic E-state index is 0.111. The predicted octanol–water partition coefficient (Wildman–Crippen LogP) is 4.48. The van der Waals surface area contributed by atoms with Crippen LogP contribution in [-0.2, 0) is 16.1 Å². The molecule has 3 aliphatic rings. The van der Waals surface area contributed by atoms with Gasteiger partial charge in [-0.3, -0.25) is 19.1 Å². The smallest absolute Gasteiger partial charge is 0.260 e. The van der Waals surface area contributed by atoms with E-state index < -0.39 is 0 Å². The number of nitrogens with zero attached hydrogens (tertiary/aromatic N) is 3. The van der Waals surface area contributed by atoms with Gasteiger partial charge in [-0.15, -0.1) is 0 Å². The molecule has 43 heavy (non-hydrogen) atoms. The molecule has 1 amide bonds. The number of fused-ring (bicyclic) bond motifs is 1. The number of nitrogens with one attached hydrogen (secondary N) is 2. The quantitative estimate of drug-likeness (QED) is 0.398. The molecule has 1 aromatic carbocycles. The summed E-state index contributed by atoms with van der Waals surface area (Å²) in [5.74, 6) is 0.616. The number of amides is 1. The van der Waals surface area contributed by atoms with Crippen LogP contribution in [0.3, 0.4) is 0 Å². The number of hydrogen-bond acceptors (Lipinski definition) is 6. The van der Waals surface area contributed by atoms with E-state index in [4.69, 9.17) is 21.3 Å². The van der Waals surface area contributed by atoms with Gasteiger partial charge in [0.05, 0.1) is 0 Å². The Balaban J connectivity index is 1.45. The van der Waals surface area contributed by atoms with E-state index in [1.54, 1.807) is 12.4 Å². The Morgan fingerprint density at radius 1 is 1.05 bits per heavy atom. The predicted molar refractivity (Wildman–Crippen MR) is 169 cm³/mol. The third-order valence-corrected chi connectivity index (χ3v) is 8.99. The van der Waals surface area contributed by atoms with Crippen LogP contribution in [0.5, 0.6) is 0 Å². The molecular formula is C34H38ClN5O3. The van der Waals surface area contributed by atoms with Crippen molar-refractivity contribution >= 4 is 23.6 Å². The first kappa shape index (κ1) is 29.3. The van der Waals surface area contributed by atoms with Crippen LogP contribution in [0.25, 0.3) is 28.3 Å². The van der Waals surface area contributed by atoms with Crippen molar-refractivity contribution < 1.29 is 9.53 Å². The molecule has 1 saturated carbocycles. The van der Waals surface area contributed by atoms with Gasteiger partial charge in [0, 0.05) is 64.6 Å². The molecule has 0 bridgehead atoms. The van der Waals surface area contributed by atoms with Gasteiger partial charge in [0.2, 0.25) is 5.91 Å². The zero-order chi connectivity index (χ0) is 29.8. The monoisotopic (exact) mass is 599 g/mol. The first-order valence-electron chi connectivity index (χ1n) is 15.4. The van der Waals surface area contributed by atoms with Crippen LogP contribution >= 0.6 is 11.6 Å². The number of benzene rings is 1. The molecule has 1 aliphatic carbocycles. The first-order valence-corrected chi connectivity index (χ1v) is 15.8. The highest BCUT2D eigenvalue weighted by atomic mass is 35.5. The maximum absolute atomic E-state index is 14.3. The second-order valence-corrected chi connectivity index (χ2v) is 12.0. The average molecular weight is 600 g/mol. The maximum atomic E-state index is 14.3. The van der Waals surface area contributed by atoms with E-state index in [0.717, 1.165) is 72.7 Å². The van der Waals surface area contributed by atoms with Crippen molar-refractivity contribution in [3.63, 3.8) is 0 Å². The highest BCUT2D eigenvalue weighted by Gasteiger charge is 2.22. The lowest BCUT2D eigenvalue weighted by Crippen LogP contribution is -2.48. The molecule has 0 atom stereocenters. The third-order valence-electron chi connectivity index (χ3n) is 8.68. The topological polar surface area (TPSA) is 97.6 Å². The Labute approximate surface area is 256 Å². The van der Waals surface area contributed by atoms with Gasteiger partial charge in [-0.05, 0) is 67.9 Å². The molecule has 9 heteroatoms. The van der Waals surface area contributed by atoms with Crippen LogP contribution in [-0.4, -0.2) is 40.8 Å². The fourth-order valence-corrected chi connectivity index (χ4v) is 6.51. The normalized spacial score (nSPS) is 17.5. The number of carbonyl (C=O) groups excluding carboxylic acids is 1. The molecule has 8 nitrogen and oxygen atoms in total. The fourth-order valence-electron chi connectivity index (χ4n) is 6.22. The summed E-state index contributed by atoms with van der Waals surface area (Å²) in [4.78, 5) is 36.9. The summed E-state index contributed by atoms with van der Waals surface area (Å²) in [6.45, 7) is 3.44. The Morgan fingerprint density at radius 2 is 1.86 bits per heavy atom. The van der Waals surface area contributed by atoms with Gasteiger partial charge >= 0.3 is 0 Å². The lowest BCUT2D eigenvalue weighted by atomic mass is 10.0. The summed E-state index contributed by atoms with van der Waals surface area (Å²) in [5.41, 5.74) is 4.28. The summed E-state index contributed by atoms with van der Waals surface area (Å²) >= 11 is 6.84. The number of pyridine rings is 2. The van der Waals surface area contributed by atoms with Crippen LogP contribution in [0.1, 0.15) is 58.3 Å². The Morgan fingerprint density at radius 3 is 2.58 bits per heavy atom. The van der Waals surface area contributed by atoms with Crippen LogP contribution in [0.4, 0.5) is 0 Å². The van der Waals surface area contributed by atoms with Crippen molar-refractivity contribution in [3.05, 3.63) is 86.3 Å². The summed E-state index contributed by atoms with van der Waals surface area (Å²) in [5, 5.41) is 8.06. The van der Waals surface area contributed by atoms with E-state index >= 15 is 0 Å². The van der Waals surface area contributed by atoms with E-state index in [-0.39, 0.29) is 30.1 Å². The molecule has 2 aromatic heterocycles. The van der Waals surface area contributed by atoms with Crippen molar-refractivity contribution in [3.8, 4) is 22.3 Å². The Hall–Kier alpha value is -3.75. The molecule has 2 aliphatic heterocycles. The summed E-state index contributed by atoms with van der Waals surface area (Å²) in [6.07, 6.45) is 13.1. The fraction of sp³-hybridized carbons (Fsp3) is 0.412. The number of rotatable bonds is 8. The van der Waals surface area contributed by atoms with Crippen LogP contribution < -0.4 is 26.9 Å². The van der Waals surface area contributed by atoms with E-state index in [9.17, 15) is 9.59 Å². The zero-order valence-electron chi connectivity index (χ0n) is 24.6. The molecule has 0 radical (unpaired) electrons. The molecule has 6 rings (SSSR count). The Bertz CT molecular complexity index is 1700. The first-order chi connectivity index (χ1) is 21.0. The lowest BCUT2D eigenvalue weighted by molar-refractivity contribution is -0.122. The molecule has 3 aromatic rings. The van der Waals surface area contributed by atoms with Crippen molar-refractivity contribution in [1.29, 1.82) is 0 Å². The average Bonchev–Trinajstić information content (AvgIpc) is 3.47. The van der Waals surface area contributed by atoms with Crippen molar-refractivity contribution in [2.24, 2.45) is 4.99 Å². The van der Waals surface area contributed by atoms with Crippen LogP contribution in [0.15, 0.2) is 70.0 Å². The molecule has 2 fully saturated rings. The largest absolute Gasteiger partial charge is 0.381 e. The number of halogens is 1. The lowest BCUT2D eigenvalue weighted by Gasteiger charge is -2.25. The number of ether oxygens (including phenoxy) is 1. The van der Waals surface area contributed by atoms with E-state index in [1.165, 1.54) is 4.57 Å². The SMILES string of the molecule is CCC1=C(NC2CCOCC2)N=c2c(cc(-c3ccc(-c4cccnc4)cc3Cl)c(=O)n2CC(=O)NC2CCCC2)=CC1. The molecule has 4 heterocycles. The summed E-state index contributed by atoms with van der Waals surface area (Å²) < 4.78 is 7.09. The van der Waals surface area contributed by atoms with Gasteiger partial charge in [0.25, 0.3) is 5.56 Å². The van der Waals surface area contributed by atoms with Crippen LogP contribution in [0, 0.1) is 0 Å². The number of hydrogen-bond donors (Lipinski definition) is 2. The van der Waals surface area contributed by atoms with Gasteiger partial charge < -0.3 is 15.4 Å². The third kappa shape index (κ3) is 6.60. The molecule has 0 spiro atoms. The van der Waals surface area contributed by atoms with Crippen molar-refractivity contribution in [2.45, 2.75) is 76.9 Å². The number of allylic oxidation sites excluding steroid dienone is 1. The highest BCUT2D eigenvalue weighted by molar-refractivity contribution is 6.33. The van der Waals surface area contributed by atoms with Crippen molar-refractivity contribution in [2.75, 3.05) is 13.2 Å². The van der Waals surface area contributed by atoms with Gasteiger partial charge in [0.1, 0.15) is 17.9 Å². The molecular weight excluding hydrogens is 562 g/mol. The standard InChI is InChI=1S/C34H38ClN5O3/c1-2-22-9-10-24-18-29(28-12-11-23(19-30(28)35)25-6-5-15-36-20-25)34(42)40(21-31(41)37-26-7-3-4-8-26)33(24)39-32(22)38-27-13-16-43-17-14-27/h5-6,10-12,15,18-20,26-27,38H,2-4,7-9,13-14,16-17,21H2,1H3,(H,37,41). The highest BCUT2D eigenvalue weighted by Crippen LogP contribution is 2.30. The summed E-state index contributed by atoms with van der Waals surface area (Å²) in [7, 11) is 0. The number of aromatic nitrogens is 2. The molecule has 0 unspecified atom stereocenters. The van der Waals surface area contributed by atoms with E-state index in [0.29, 0.717) is 41.3 Å². The minimum atomic E-state index is -0.293. The van der Waals surface area contributed by atoms with Gasteiger partial charge in [-0.1, -0.05) is 55.6 Å². The van der Waals surface area contributed by atoms with E-state index in [2.05, 4.69) is 28.6 Å². The summed E-state index contributed by atoms with van der Waals surface area (Å²) in [6, 6.07) is 11.8. The minimum Gasteiger partial charge on any atom is -0.381 e. The molecule has 2 N–H and O–H groups in total. The molecule has 1 saturated heterocycles. The second kappa shape index (κ2) is 13.3. The van der Waals surface area contributed by atoms with Gasteiger partial charge in [0.15, 0.2) is 0 Å². The number of carbonyl (C=O) groups is 1. The van der Waals surface area contributed by atoms with Crippen molar-refractivity contribution in [1.82, 2.24) is 20.2 Å². The zero-order valence-corrected chi connectivity index (χ0v) is 25.3.